The van der Waals surface area contributed by atoms with Crippen molar-refractivity contribution in [3.63, 3.8) is 0 Å². The van der Waals surface area contributed by atoms with Crippen molar-refractivity contribution in [1.29, 1.82) is 0 Å². The molecule has 38 heavy (non-hydrogen) atoms. The Kier molecular flexibility index (Phi) is 10.2. The van der Waals surface area contributed by atoms with Crippen LogP contribution in [-0.2, 0) is 19.1 Å². The molecular weight excluding hydrogens is 480 g/mol. The van der Waals surface area contributed by atoms with Crippen LogP contribution in [0.25, 0.3) is 0 Å². The molecule has 4 aliphatic rings. The van der Waals surface area contributed by atoms with E-state index in [0.717, 1.165) is 44.6 Å². The van der Waals surface area contributed by atoms with E-state index in [9.17, 15) is 9.59 Å². The van der Waals surface area contributed by atoms with Gasteiger partial charge in [-0.05, 0) is 42.9 Å². The lowest BCUT2D eigenvalue weighted by Gasteiger charge is -2.47. The van der Waals surface area contributed by atoms with Crippen LogP contribution in [0, 0.1) is 29.6 Å². The Hall–Kier alpha value is -1.22. The molecule has 0 aliphatic carbocycles. The van der Waals surface area contributed by atoms with Crippen LogP contribution in [0.2, 0.25) is 0 Å². The number of amides is 2. The number of hydrogen-bond donors (Lipinski definition) is 1. The van der Waals surface area contributed by atoms with E-state index in [4.69, 9.17) is 9.47 Å². The van der Waals surface area contributed by atoms with Gasteiger partial charge in [0.2, 0.25) is 11.8 Å². The second kappa shape index (κ2) is 13.0. The molecule has 1 spiro atoms. The summed E-state index contributed by atoms with van der Waals surface area (Å²) in [6.45, 7) is 20.7. The van der Waals surface area contributed by atoms with Crippen molar-refractivity contribution in [3.8, 4) is 0 Å². The number of nitrogens with zero attached hydrogens (tertiary/aromatic N) is 3. The molecule has 0 saturated carbocycles. The Morgan fingerprint density at radius 3 is 2.21 bits per heavy atom. The minimum absolute atomic E-state index is 0.0833. The first-order chi connectivity index (χ1) is 18.0. The molecule has 218 valence electrons. The maximum absolute atomic E-state index is 13.8. The van der Waals surface area contributed by atoms with Crippen molar-refractivity contribution < 1.29 is 19.1 Å². The molecule has 0 aromatic carbocycles. The van der Waals surface area contributed by atoms with Crippen molar-refractivity contribution in [2.45, 2.75) is 91.5 Å². The lowest BCUT2D eigenvalue weighted by atomic mass is 9.91. The number of piperazine rings is 1. The number of piperidine rings is 2. The molecule has 4 rings (SSSR count). The molecule has 2 amide bonds. The number of carbonyl (C=O) groups is 2. The topological polar surface area (TPSA) is 74.4 Å². The minimum atomic E-state index is -0.559. The lowest BCUT2D eigenvalue weighted by molar-refractivity contribution is -0.299. The quantitative estimate of drug-likeness (QED) is 0.516. The molecule has 4 saturated heterocycles. The van der Waals surface area contributed by atoms with Crippen LogP contribution in [0.15, 0.2) is 0 Å². The predicted octanol–water partition coefficient (Wildman–Crippen LogP) is 3.21. The molecule has 4 atom stereocenters. The summed E-state index contributed by atoms with van der Waals surface area (Å²) >= 11 is 0. The van der Waals surface area contributed by atoms with Crippen LogP contribution >= 0.6 is 0 Å². The van der Waals surface area contributed by atoms with E-state index < -0.39 is 5.79 Å². The van der Waals surface area contributed by atoms with Crippen LogP contribution in [0.1, 0.15) is 73.6 Å². The standard InChI is InChI=1S/C30H54N4O4/c1-21(2)13-26-28(35)34(12-9-31-26)27(14-22(3)4)29(36)33-10-7-30(8-11-33)37-19-25(20-38-30)18-32-16-23(5)15-24(6)17-32/h21-27,31H,7-20H2,1-6H3/t23?,24?,26-,27?/m0/s1. The smallest absolute Gasteiger partial charge is 0.245 e. The van der Waals surface area contributed by atoms with E-state index in [1.54, 1.807) is 0 Å². The first-order valence-electron chi connectivity index (χ1n) is 15.4. The van der Waals surface area contributed by atoms with Crippen LogP contribution in [0.3, 0.4) is 0 Å². The third-order valence-electron chi connectivity index (χ3n) is 8.85. The molecule has 4 heterocycles. The third-order valence-corrected chi connectivity index (χ3v) is 8.85. The number of hydrogen-bond acceptors (Lipinski definition) is 6. The average Bonchev–Trinajstić information content (AvgIpc) is 2.85. The molecule has 0 aromatic rings. The van der Waals surface area contributed by atoms with Gasteiger partial charge in [-0.1, -0.05) is 41.5 Å². The summed E-state index contributed by atoms with van der Waals surface area (Å²) in [5, 5.41) is 3.38. The zero-order chi connectivity index (χ0) is 27.4. The van der Waals surface area contributed by atoms with Crippen LogP contribution in [0.5, 0.6) is 0 Å². The molecule has 0 bridgehead atoms. The SMILES string of the molecule is CC(C)CC(C(=O)N1CCC2(CC1)OCC(CN1CC(C)CC(C)C1)CO2)N1CCN[C@@H](CC(C)C)C1=O. The predicted molar refractivity (Wildman–Crippen MR) is 150 cm³/mol. The molecule has 8 nitrogen and oxygen atoms in total. The van der Waals surface area contributed by atoms with Gasteiger partial charge >= 0.3 is 0 Å². The zero-order valence-electron chi connectivity index (χ0n) is 24.9. The summed E-state index contributed by atoms with van der Waals surface area (Å²) in [5.74, 6) is 2.30. The van der Waals surface area contributed by atoms with E-state index in [0.29, 0.717) is 56.7 Å². The second-order valence-electron chi connectivity index (χ2n) is 13.7. The van der Waals surface area contributed by atoms with Gasteiger partial charge in [0.1, 0.15) is 6.04 Å². The third kappa shape index (κ3) is 7.49. The molecule has 0 aromatic heterocycles. The Balaban J connectivity index is 1.30. The fourth-order valence-electron chi connectivity index (χ4n) is 7.14. The van der Waals surface area contributed by atoms with E-state index >= 15 is 0 Å². The summed E-state index contributed by atoms with van der Waals surface area (Å²) in [4.78, 5) is 33.6. The van der Waals surface area contributed by atoms with Gasteiger partial charge in [-0.2, -0.15) is 0 Å². The fourth-order valence-corrected chi connectivity index (χ4v) is 7.14. The van der Waals surface area contributed by atoms with E-state index in [-0.39, 0.29) is 23.9 Å². The summed E-state index contributed by atoms with van der Waals surface area (Å²) in [5.41, 5.74) is 0. The van der Waals surface area contributed by atoms with Gasteiger partial charge in [-0.3, -0.25) is 9.59 Å². The van der Waals surface area contributed by atoms with Crippen LogP contribution < -0.4 is 5.32 Å². The van der Waals surface area contributed by atoms with E-state index in [1.807, 2.05) is 9.80 Å². The Morgan fingerprint density at radius 1 is 1.00 bits per heavy atom. The first-order valence-corrected chi connectivity index (χ1v) is 15.4. The highest BCUT2D eigenvalue weighted by Crippen LogP contribution is 2.34. The number of carbonyl (C=O) groups excluding carboxylic acids is 2. The van der Waals surface area contributed by atoms with E-state index in [1.165, 1.54) is 19.5 Å². The Morgan fingerprint density at radius 2 is 1.63 bits per heavy atom. The molecule has 4 fully saturated rings. The summed E-state index contributed by atoms with van der Waals surface area (Å²) in [6.07, 6.45) is 4.22. The van der Waals surface area contributed by atoms with Gasteiger partial charge in [-0.25, -0.2) is 0 Å². The largest absolute Gasteiger partial charge is 0.349 e. The fraction of sp³-hybridized carbons (Fsp3) is 0.933. The van der Waals surface area contributed by atoms with Gasteiger partial charge in [0, 0.05) is 64.6 Å². The second-order valence-corrected chi connectivity index (χ2v) is 13.7. The maximum Gasteiger partial charge on any atom is 0.245 e. The van der Waals surface area contributed by atoms with Gasteiger partial charge < -0.3 is 29.5 Å². The van der Waals surface area contributed by atoms with Gasteiger partial charge in [0.25, 0.3) is 0 Å². The summed E-state index contributed by atoms with van der Waals surface area (Å²) in [7, 11) is 0. The van der Waals surface area contributed by atoms with Crippen molar-refractivity contribution in [1.82, 2.24) is 20.0 Å². The molecule has 8 heteroatoms. The highest BCUT2D eigenvalue weighted by Gasteiger charge is 2.44. The molecule has 3 unspecified atom stereocenters. The highest BCUT2D eigenvalue weighted by atomic mass is 16.7. The minimum Gasteiger partial charge on any atom is -0.349 e. The normalized spacial score (nSPS) is 30.4. The zero-order valence-corrected chi connectivity index (χ0v) is 24.9. The van der Waals surface area contributed by atoms with Crippen LogP contribution in [-0.4, -0.2) is 103 Å². The van der Waals surface area contributed by atoms with Crippen molar-refractivity contribution in [2.75, 3.05) is 59.0 Å². The van der Waals surface area contributed by atoms with E-state index in [2.05, 4.69) is 51.8 Å². The maximum atomic E-state index is 13.8. The molecule has 1 N–H and O–H groups in total. The Labute approximate surface area is 231 Å². The van der Waals surface area contributed by atoms with Gasteiger partial charge in [0.05, 0.1) is 19.3 Å². The Bertz CT molecular complexity index is 777. The average molecular weight is 535 g/mol. The number of likely N-dealkylation sites (tertiary alicyclic amines) is 2. The van der Waals surface area contributed by atoms with Crippen molar-refractivity contribution in [3.05, 3.63) is 0 Å². The van der Waals surface area contributed by atoms with Gasteiger partial charge in [0.15, 0.2) is 5.79 Å². The van der Waals surface area contributed by atoms with Gasteiger partial charge in [-0.15, -0.1) is 0 Å². The monoisotopic (exact) mass is 534 g/mol. The summed E-state index contributed by atoms with van der Waals surface area (Å²) in [6, 6.07) is -0.579. The van der Waals surface area contributed by atoms with Crippen molar-refractivity contribution >= 4 is 11.8 Å². The summed E-state index contributed by atoms with van der Waals surface area (Å²) < 4.78 is 12.8. The molecular formula is C30H54N4O4. The van der Waals surface area contributed by atoms with Crippen molar-refractivity contribution in [2.24, 2.45) is 29.6 Å². The molecule has 4 aliphatic heterocycles. The highest BCUT2D eigenvalue weighted by molar-refractivity contribution is 5.90. The van der Waals surface area contributed by atoms with Crippen LogP contribution in [0.4, 0.5) is 0 Å². The number of nitrogens with one attached hydrogen (secondary N) is 1. The first kappa shape index (κ1) is 29.8. The lowest BCUT2D eigenvalue weighted by Crippen LogP contribution is -2.63. The number of ether oxygens (including phenoxy) is 2. The molecule has 0 radical (unpaired) electrons. The number of rotatable bonds is 8.